The molecule has 0 aromatic carbocycles. The first-order chi connectivity index (χ1) is 6.61. The lowest BCUT2D eigenvalue weighted by Crippen LogP contribution is -2.16. The highest BCUT2D eigenvalue weighted by Gasteiger charge is 2.11. The molecule has 14 heavy (non-hydrogen) atoms. The zero-order valence-corrected chi connectivity index (χ0v) is 8.68. The predicted molar refractivity (Wildman–Crippen MR) is 49.8 cm³/mol. The van der Waals surface area contributed by atoms with Crippen molar-refractivity contribution in [1.82, 2.24) is 29.7 Å². The van der Waals surface area contributed by atoms with Gasteiger partial charge >= 0.3 is 0 Å². The van der Waals surface area contributed by atoms with Gasteiger partial charge in [-0.2, -0.15) is 0 Å². The van der Waals surface area contributed by atoms with E-state index in [1.807, 2.05) is 37.0 Å². The Morgan fingerprint density at radius 3 is 1.00 bits per heavy atom. The molecule has 0 aliphatic carbocycles. The van der Waals surface area contributed by atoms with E-state index in [1.165, 1.54) is 0 Å². The van der Waals surface area contributed by atoms with Gasteiger partial charge in [-0.25, -0.2) is 9.35 Å². The SMILES string of the molecule is Cc1nnc(C)n1-n1c(C)nnc1C. The number of aryl methyl sites for hydroxylation is 4. The Labute approximate surface area is 81.6 Å². The van der Waals surface area contributed by atoms with E-state index in [0.717, 1.165) is 23.3 Å². The maximum atomic E-state index is 3.99. The average Bonchev–Trinajstić information content (AvgIpc) is 2.60. The van der Waals surface area contributed by atoms with Gasteiger partial charge < -0.3 is 0 Å². The zero-order chi connectivity index (χ0) is 10.3. The van der Waals surface area contributed by atoms with E-state index in [4.69, 9.17) is 0 Å². The van der Waals surface area contributed by atoms with Crippen LogP contribution in [0.2, 0.25) is 0 Å². The minimum Gasteiger partial charge on any atom is -0.215 e. The van der Waals surface area contributed by atoms with E-state index in [-0.39, 0.29) is 0 Å². The van der Waals surface area contributed by atoms with Crippen molar-refractivity contribution in [2.45, 2.75) is 27.7 Å². The highest BCUT2D eigenvalue weighted by atomic mass is 15.6. The molecule has 0 bridgehead atoms. The Bertz CT molecular complexity index is 383. The van der Waals surface area contributed by atoms with E-state index < -0.39 is 0 Å². The molecular weight excluding hydrogens is 180 g/mol. The molecule has 0 aliphatic heterocycles. The summed E-state index contributed by atoms with van der Waals surface area (Å²) in [6.07, 6.45) is 0. The number of rotatable bonds is 1. The van der Waals surface area contributed by atoms with Gasteiger partial charge in [-0.1, -0.05) is 0 Å². The summed E-state index contributed by atoms with van der Waals surface area (Å²) in [5.74, 6) is 3.31. The fourth-order valence-electron chi connectivity index (χ4n) is 1.51. The van der Waals surface area contributed by atoms with Gasteiger partial charge in [0.15, 0.2) is 0 Å². The van der Waals surface area contributed by atoms with Crippen LogP contribution in [0.15, 0.2) is 0 Å². The molecular formula is C8H12N6. The molecule has 0 aliphatic rings. The quantitative estimate of drug-likeness (QED) is 0.656. The number of hydrogen-bond acceptors (Lipinski definition) is 4. The first-order valence-electron chi connectivity index (χ1n) is 4.39. The summed E-state index contributed by atoms with van der Waals surface area (Å²) < 4.78 is 3.79. The van der Waals surface area contributed by atoms with Gasteiger partial charge in [-0.3, -0.25) is 0 Å². The van der Waals surface area contributed by atoms with Gasteiger partial charge in [0.25, 0.3) is 0 Å². The average molecular weight is 192 g/mol. The summed E-state index contributed by atoms with van der Waals surface area (Å²) in [4.78, 5) is 0. The second-order valence-corrected chi connectivity index (χ2v) is 3.21. The van der Waals surface area contributed by atoms with Crippen LogP contribution in [0.4, 0.5) is 0 Å². The van der Waals surface area contributed by atoms with Crippen molar-refractivity contribution in [3.8, 4) is 0 Å². The van der Waals surface area contributed by atoms with E-state index in [0.29, 0.717) is 0 Å². The topological polar surface area (TPSA) is 61.4 Å². The van der Waals surface area contributed by atoms with Crippen molar-refractivity contribution >= 4 is 0 Å². The molecule has 0 amide bonds. The Kier molecular flexibility index (Phi) is 1.83. The first kappa shape index (κ1) is 8.86. The van der Waals surface area contributed by atoms with Crippen molar-refractivity contribution in [3.63, 3.8) is 0 Å². The molecule has 0 unspecified atom stereocenters. The van der Waals surface area contributed by atoms with Crippen LogP contribution in [0.25, 0.3) is 0 Å². The number of hydrogen-bond donors (Lipinski definition) is 0. The monoisotopic (exact) mass is 192 g/mol. The Balaban J connectivity index is 2.71. The van der Waals surface area contributed by atoms with Gasteiger partial charge in [0.1, 0.15) is 23.3 Å². The summed E-state index contributed by atoms with van der Waals surface area (Å²) in [7, 11) is 0. The van der Waals surface area contributed by atoms with Crippen molar-refractivity contribution in [1.29, 1.82) is 0 Å². The van der Waals surface area contributed by atoms with Crippen molar-refractivity contribution < 1.29 is 0 Å². The molecule has 0 N–H and O–H groups in total. The van der Waals surface area contributed by atoms with Crippen LogP contribution in [0, 0.1) is 27.7 Å². The van der Waals surface area contributed by atoms with Crippen LogP contribution in [0.1, 0.15) is 23.3 Å². The molecule has 0 fully saturated rings. The molecule has 6 nitrogen and oxygen atoms in total. The summed E-state index contributed by atoms with van der Waals surface area (Å²) >= 11 is 0. The third-order valence-corrected chi connectivity index (χ3v) is 2.10. The Morgan fingerprint density at radius 2 is 0.786 bits per heavy atom. The molecule has 2 heterocycles. The molecule has 74 valence electrons. The molecule has 0 atom stereocenters. The molecule has 0 saturated heterocycles. The molecule has 6 heteroatoms. The second kappa shape index (κ2) is 2.90. The summed E-state index contributed by atoms with van der Waals surface area (Å²) in [6.45, 7) is 7.61. The summed E-state index contributed by atoms with van der Waals surface area (Å²) in [5, 5.41) is 16.0. The Morgan fingerprint density at radius 1 is 0.571 bits per heavy atom. The zero-order valence-electron chi connectivity index (χ0n) is 8.68. The second-order valence-electron chi connectivity index (χ2n) is 3.21. The van der Waals surface area contributed by atoms with Gasteiger partial charge in [0, 0.05) is 0 Å². The van der Waals surface area contributed by atoms with Crippen molar-refractivity contribution in [2.75, 3.05) is 0 Å². The van der Waals surface area contributed by atoms with Crippen LogP contribution in [-0.2, 0) is 0 Å². The van der Waals surface area contributed by atoms with E-state index in [1.54, 1.807) is 0 Å². The molecule has 0 radical (unpaired) electrons. The highest BCUT2D eigenvalue weighted by Crippen LogP contribution is 2.06. The van der Waals surface area contributed by atoms with Gasteiger partial charge in [0.05, 0.1) is 0 Å². The van der Waals surface area contributed by atoms with Crippen LogP contribution in [0.5, 0.6) is 0 Å². The van der Waals surface area contributed by atoms with Gasteiger partial charge in [0.2, 0.25) is 0 Å². The van der Waals surface area contributed by atoms with E-state index in [9.17, 15) is 0 Å². The fourth-order valence-corrected chi connectivity index (χ4v) is 1.51. The fraction of sp³-hybridized carbons (Fsp3) is 0.500. The molecule has 2 aromatic rings. The van der Waals surface area contributed by atoms with Crippen LogP contribution < -0.4 is 0 Å². The van der Waals surface area contributed by atoms with Gasteiger partial charge in [-0.15, -0.1) is 20.4 Å². The lowest BCUT2D eigenvalue weighted by Gasteiger charge is -2.09. The Hall–Kier alpha value is -1.72. The summed E-state index contributed by atoms with van der Waals surface area (Å²) in [5.41, 5.74) is 0. The third-order valence-electron chi connectivity index (χ3n) is 2.10. The minimum atomic E-state index is 0.827. The molecule has 2 aromatic heterocycles. The third kappa shape index (κ3) is 1.11. The van der Waals surface area contributed by atoms with Crippen LogP contribution >= 0.6 is 0 Å². The summed E-state index contributed by atoms with van der Waals surface area (Å²) in [6, 6.07) is 0. The highest BCUT2D eigenvalue weighted by molar-refractivity contribution is 5.00. The maximum absolute atomic E-state index is 3.99. The van der Waals surface area contributed by atoms with E-state index >= 15 is 0 Å². The predicted octanol–water partition coefficient (Wildman–Crippen LogP) is 0.415. The number of nitrogens with zero attached hydrogens (tertiary/aromatic N) is 6. The molecule has 0 saturated carbocycles. The minimum absolute atomic E-state index is 0.827. The normalized spacial score (nSPS) is 10.9. The maximum Gasteiger partial charge on any atom is 0.150 e. The largest absolute Gasteiger partial charge is 0.215 e. The molecule has 0 spiro atoms. The van der Waals surface area contributed by atoms with Crippen LogP contribution in [-0.4, -0.2) is 29.7 Å². The van der Waals surface area contributed by atoms with Gasteiger partial charge in [-0.05, 0) is 27.7 Å². The van der Waals surface area contributed by atoms with Crippen molar-refractivity contribution in [3.05, 3.63) is 23.3 Å². The lowest BCUT2D eigenvalue weighted by molar-refractivity contribution is 0.577. The van der Waals surface area contributed by atoms with Crippen LogP contribution in [0.3, 0.4) is 0 Å². The first-order valence-corrected chi connectivity index (χ1v) is 4.39. The van der Waals surface area contributed by atoms with E-state index in [2.05, 4.69) is 20.4 Å². The standard InChI is InChI=1S/C8H12N6/c1-5-9-10-6(2)13(5)14-7(3)11-12-8(14)4/h1-4H3. The van der Waals surface area contributed by atoms with Crippen molar-refractivity contribution in [2.24, 2.45) is 0 Å². The smallest absolute Gasteiger partial charge is 0.150 e. The lowest BCUT2D eigenvalue weighted by atomic mass is 10.6. The number of aromatic nitrogens is 6. The molecule has 2 rings (SSSR count).